The Labute approximate surface area is 152 Å². The number of amides is 1. The molecule has 3 rings (SSSR count). The number of hydrogen-bond acceptors (Lipinski definition) is 3. The molecule has 1 amide bonds. The summed E-state index contributed by atoms with van der Waals surface area (Å²) >= 11 is 0. The average Bonchev–Trinajstić information content (AvgIpc) is 2.62. The van der Waals surface area contributed by atoms with Crippen molar-refractivity contribution in [1.82, 2.24) is 15.2 Å². The Morgan fingerprint density at radius 2 is 1.85 bits per heavy atom. The second kappa shape index (κ2) is 7.97. The van der Waals surface area contributed by atoms with Gasteiger partial charge in [0.2, 0.25) is 5.91 Å². The van der Waals surface area contributed by atoms with Crippen LogP contribution < -0.4 is 10.7 Å². The molecule has 134 valence electrons. The van der Waals surface area contributed by atoms with Crippen molar-refractivity contribution in [2.75, 3.05) is 27.2 Å². The summed E-state index contributed by atoms with van der Waals surface area (Å²) in [5, 5.41) is 3.52. The fraction of sp³-hybridized carbons (Fsp3) is 0.238. The highest BCUT2D eigenvalue weighted by Crippen LogP contribution is 2.20. The molecule has 2 N–H and O–H groups in total. The first-order valence-corrected chi connectivity index (χ1v) is 8.66. The number of hydrogen-bond donors (Lipinski definition) is 2. The molecule has 0 saturated carbocycles. The Kier molecular flexibility index (Phi) is 5.49. The topological polar surface area (TPSA) is 65.2 Å². The number of aromatic nitrogens is 1. The first kappa shape index (κ1) is 17.9. The van der Waals surface area contributed by atoms with Gasteiger partial charge in [-0.25, -0.2) is 0 Å². The van der Waals surface area contributed by atoms with Crippen molar-refractivity contribution in [3.63, 3.8) is 0 Å². The maximum Gasteiger partial charge on any atom is 0.224 e. The highest BCUT2D eigenvalue weighted by Gasteiger charge is 2.11. The molecule has 1 aromatic heterocycles. The SMILES string of the molecule is CN(C)CCNC(=O)Cc1cccc2c(=O)cc(-c3ccccc3)[nH]c12. The smallest absolute Gasteiger partial charge is 0.224 e. The lowest BCUT2D eigenvalue weighted by molar-refractivity contribution is -0.120. The Morgan fingerprint density at radius 1 is 1.08 bits per heavy atom. The summed E-state index contributed by atoms with van der Waals surface area (Å²) in [6.45, 7) is 1.39. The van der Waals surface area contributed by atoms with E-state index in [0.29, 0.717) is 11.9 Å². The number of carbonyl (C=O) groups excluding carboxylic acids is 1. The summed E-state index contributed by atoms with van der Waals surface area (Å²) in [6.07, 6.45) is 0.235. The molecule has 0 radical (unpaired) electrons. The van der Waals surface area contributed by atoms with Crippen LogP contribution in [0.4, 0.5) is 0 Å². The molecule has 0 bridgehead atoms. The number of carbonyl (C=O) groups is 1. The van der Waals surface area contributed by atoms with Crippen LogP contribution in [-0.2, 0) is 11.2 Å². The third-order valence-corrected chi connectivity index (χ3v) is 4.27. The van der Waals surface area contributed by atoms with Crippen molar-refractivity contribution in [2.45, 2.75) is 6.42 Å². The molecule has 0 aliphatic carbocycles. The first-order chi connectivity index (χ1) is 12.5. The van der Waals surface area contributed by atoms with Crippen LogP contribution >= 0.6 is 0 Å². The van der Waals surface area contributed by atoms with Crippen molar-refractivity contribution in [2.24, 2.45) is 0 Å². The predicted octanol–water partition coefficient (Wildman–Crippen LogP) is 2.42. The molecule has 0 aliphatic rings. The van der Waals surface area contributed by atoms with E-state index < -0.39 is 0 Å². The molecule has 0 unspecified atom stereocenters. The van der Waals surface area contributed by atoms with Crippen LogP contribution in [0.25, 0.3) is 22.2 Å². The van der Waals surface area contributed by atoms with Crippen molar-refractivity contribution < 1.29 is 4.79 Å². The van der Waals surface area contributed by atoms with Gasteiger partial charge in [-0.05, 0) is 31.3 Å². The minimum absolute atomic E-state index is 0.0486. The van der Waals surface area contributed by atoms with Crippen LogP contribution in [0, 0.1) is 0 Å². The van der Waals surface area contributed by atoms with Gasteiger partial charge in [-0.2, -0.15) is 0 Å². The fourth-order valence-corrected chi connectivity index (χ4v) is 2.91. The van der Waals surface area contributed by atoms with Gasteiger partial charge in [0.1, 0.15) is 0 Å². The normalized spacial score (nSPS) is 11.0. The van der Waals surface area contributed by atoms with E-state index in [-0.39, 0.29) is 17.8 Å². The number of nitrogens with one attached hydrogen (secondary N) is 2. The van der Waals surface area contributed by atoms with Gasteiger partial charge in [-0.1, -0.05) is 42.5 Å². The van der Waals surface area contributed by atoms with Crippen molar-refractivity contribution in [3.8, 4) is 11.3 Å². The number of rotatable bonds is 6. The van der Waals surface area contributed by atoms with Gasteiger partial charge in [-0.3, -0.25) is 9.59 Å². The summed E-state index contributed by atoms with van der Waals surface area (Å²) < 4.78 is 0. The molecular weight excluding hydrogens is 326 g/mol. The molecule has 3 aromatic rings. The van der Waals surface area contributed by atoms with E-state index in [4.69, 9.17) is 0 Å². The molecule has 1 heterocycles. The zero-order valence-electron chi connectivity index (χ0n) is 15.1. The maximum atomic E-state index is 12.5. The van der Waals surface area contributed by atoms with E-state index in [1.54, 1.807) is 12.1 Å². The van der Waals surface area contributed by atoms with Gasteiger partial charge >= 0.3 is 0 Å². The molecule has 0 saturated heterocycles. The Balaban J connectivity index is 1.92. The number of likely N-dealkylation sites (N-methyl/N-ethyl adjacent to an activating group) is 1. The van der Waals surface area contributed by atoms with E-state index in [1.165, 1.54) is 0 Å². The standard InChI is InChI=1S/C21H23N3O2/c1-24(2)12-11-22-20(26)13-16-9-6-10-17-19(25)14-18(23-21(16)17)15-7-4-3-5-8-15/h3-10,14H,11-13H2,1-2H3,(H,22,26)(H,23,25). The van der Waals surface area contributed by atoms with Gasteiger partial charge in [0.05, 0.1) is 11.9 Å². The molecular formula is C21H23N3O2. The number of aromatic amines is 1. The average molecular weight is 349 g/mol. The van der Waals surface area contributed by atoms with Crippen LogP contribution in [0.15, 0.2) is 59.4 Å². The molecule has 0 atom stereocenters. The second-order valence-corrected chi connectivity index (χ2v) is 6.58. The van der Waals surface area contributed by atoms with Crippen molar-refractivity contribution >= 4 is 16.8 Å². The summed E-state index contributed by atoms with van der Waals surface area (Å²) in [5.74, 6) is -0.0506. The minimum atomic E-state index is -0.0506. The second-order valence-electron chi connectivity index (χ2n) is 6.58. The van der Waals surface area contributed by atoms with E-state index in [1.807, 2.05) is 61.5 Å². The molecule has 26 heavy (non-hydrogen) atoms. The predicted molar refractivity (Wildman–Crippen MR) is 105 cm³/mol. The zero-order chi connectivity index (χ0) is 18.5. The molecule has 5 heteroatoms. The highest BCUT2D eigenvalue weighted by atomic mass is 16.1. The van der Waals surface area contributed by atoms with Gasteiger partial charge in [0.15, 0.2) is 5.43 Å². The Morgan fingerprint density at radius 3 is 2.58 bits per heavy atom. The van der Waals surface area contributed by atoms with Crippen molar-refractivity contribution in [1.29, 1.82) is 0 Å². The van der Waals surface area contributed by atoms with Crippen LogP contribution in [0.2, 0.25) is 0 Å². The van der Waals surface area contributed by atoms with Crippen LogP contribution in [-0.4, -0.2) is 43.0 Å². The third kappa shape index (κ3) is 4.18. The highest BCUT2D eigenvalue weighted by molar-refractivity contribution is 5.89. The Bertz CT molecular complexity index is 962. The summed E-state index contributed by atoms with van der Waals surface area (Å²) in [5.41, 5.74) is 3.19. The fourth-order valence-electron chi connectivity index (χ4n) is 2.91. The number of para-hydroxylation sites is 1. The largest absolute Gasteiger partial charge is 0.355 e. The lowest BCUT2D eigenvalue weighted by Gasteiger charge is -2.12. The summed E-state index contributed by atoms with van der Waals surface area (Å²) in [7, 11) is 3.93. The van der Waals surface area contributed by atoms with Gasteiger partial charge < -0.3 is 15.2 Å². The lowest BCUT2D eigenvalue weighted by Crippen LogP contribution is -2.32. The van der Waals surface area contributed by atoms with Gasteiger partial charge in [-0.15, -0.1) is 0 Å². The van der Waals surface area contributed by atoms with Gasteiger partial charge in [0, 0.05) is 30.2 Å². The molecule has 0 aliphatic heterocycles. The Hall–Kier alpha value is -2.92. The number of nitrogens with zero attached hydrogens (tertiary/aromatic N) is 1. The lowest BCUT2D eigenvalue weighted by atomic mass is 10.0. The third-order valence-electron chi connectivity index (χ3n) is 4.27. The van der Waals surface area contributed by atoms with Gasteiger partial charge in [0.25, 0.3) is 0 Å². The molecule has 0 spiro atoms. The monoisotopic (exact) mass is 349 g/mol. The maximum absolute atomic E-state index is 12.5. The number of H-pyrrole nitrogens is 1. The zero-order valence-corrected chi connectivity index (χ0v) is 15.1. The first-order valence-electron chi connectivity index (χ1n) is 8.66. The van der Waals surface area contributed by atoms with Crippen LogP contribution in [0.1, 0.15) is 5.56 Å². The number of fused-ring (bicyclic) bond motifs is 1. The van der Waals surface area contributed by atoms with Crippen LogP contribution in [0.5, 0.6) is 0 Å². The number of benzene rings is 2. The van der Waals surface area contributed by atoms with E-state index in [9.17, 15) is 9.59 Å². The molecule has 5 nitrogen and oxygen atoms in total. The van der Waals surface area contributed by atoms with E-state index >= 15 is 0 Å². The molecule has 0 fully saturated rings. The van der Waals surface area contributed by atoms with E-state index in [0.717, 1.165) is 28.9 Å². The number of pyridine rings is 1. The van der Waals surface area contributed by atoms with E-state index in [2.05, 4.69) is 10.3 Å². The summed E-state index contributed by atoms with van der Waals surface area (Å²) in [4.78, 5) is 30.1. The van der Waals surface area contributed by atoms with Crippen molar-refractivity contribution in [3.05, 3.63) is 70.4 Å². The minimum Gasteiger partial charge on any atom is -0.355 e. The summed E-state index contributed by atoms with van der Waals surface area (Å²) in [6, 6.07) is 16.8. The quantitative estimate of drug-likeness (QED) is 0.718. The molecule has 2 aromatic carbocycles. The van der Waals surface area contributed by atoms with Crippen LogP contribution in [0.3, 0.4) is 0 Å².